The Hall–Kier alpha value is -1.40. The van der Waals surface area contributed by atoms with Crippen LogP contribution in [0, 0.1) is 11.3 Å². The van der Waals surface area contributed by atoms with E-state index in [1.54, 1.807) is 18.2 Å². The quantitative estimate of drug-likeness (QED) is 0.916. The van der Waals surface area contributed by atoms with Crippen molar-refractivity contribution in [2.75, 3.05) is 13.1 Å². The van der Waals surface area contributed by atoms with Crippen LogP contribution in [-0.4, -0.2) is 36.9 Å². The Balaban J connectivity index is 1.93. The first kappa shape index (κ1) is 16.5. The van der Waals surface area contributed by atoms with Crippen LogP contribution < -0.4 is 0 Å². The van der Waals surface area contributed by atoms with Crippen molar-refractivity contribution >= 4 is 16.0 Å². The largest absolute Gasteiger partial charge is 0.481 e. The van der Waals surface area contributed by atoms with Crippen LogP contribution in [0.2, 0.25) is 0 Å². The van der Waals surface area contributed by atoms with Gasteiger partial charge in [0.1, 0.15) is 0 Å². The van der Waals surface area contributed by atoms with E-state index in [1.807, 2.05) is 19.9 Å². The molecular weight excluding hydrogens is 314 g/mol. The molecular formula is C17H23NO4S. The van der Waals surface area contributed by atoms with E-state index in [9.17, 15) is 18.3 Å². The number of fused-ring (bicyclic) bond motifs is 1. The summed E-state index contributed by atoms with van der Waals surface area (Å²) in [5.41, 5.74) is 0.0846. The number of benzene rings is 1. The number of nitrogens with zero attached hydrogens (tertiary/aromatic N) is 1. The molecule has 6 heteroatoms. The van der Waals surface area contributed by atoms with Gasteiger partial charge in [-0.25, -0.2) is 8.42 Å². The second-order valence-electron chi connectivity index (χ2n) is 7.08. The van der Waals surface area contributed by atoms with E-state index in [-0.39, 0.29) is 23.3 Å². The smallest absolute Gasteiger partial charge is 0.311 e. The summed E-state index contributed by atoms with van der Waals surface area (Å²) < 4.78 is 27.3. The summed E-state index contributed by atoms with van der Waals surface area (Å²) >= 11 is 0. The zero-order valence-corrected chi connectivity index (χ0v) is 14.3. The molecule has 5 nitrogen and oxygen atoms in total. The molecule has 2 atom stereocenters. The number of aliphatic carboxylic acids is 1. The summed E-state index contributed by atoms with van der Waals surface area (Å²) in [6.45, 7) is 4.46. The van der Waals surface area contributed by atoms with E-state index >= 15 is 0 Å². The lowest BCUT2D eigenvalue weighted by Crippen LogP contribution is -2.37. The normalized spacial score (nSPS) is 28.2. The Morgan fingerprint density at radius 1 is 1.39 bits per heavy atom. The molecule has 23 heavy (non-hydrogen) atoms. The second kappa shape index (κ2) is 5.60. The van der Waals surface area contributed by atoms with Gasteiger partial charge in [-0.05, 0) is 42.4 Å². The van der Waals surface area contributed by atoms with E-state index in [4.69, 9.17) is 0 Å². The second-order valence-corrected chi connectivity index (χ2v) is 9.01. The van der Waals surface area contributed by atoms with E-state index in [0.29, 0.717) is 13.0 Å². The van der Waals surface area contributed by atoms with Crippen molar-refractivity contribution in [3.05, 3.63) is 29.8 Å². The first-order valence-electron chi connectivity index (χ1n) is 8.11. The van der Waals surface area contributed by atoms with Gasteiger partial charge in [-0.2, -0.15) is 4.31 Å². The van der Waals surface area contributed by atoms with Crippen molar-refractivity contribution < 1.29 is 18.3 Å². The summed E-state index contributed by atoms with van der Waals surface area (Å²) in [6.07, 6.45) is 2.24. The molecule has 0 amide bonds. The van der Waals surface area contributed by atoms with E-state index in [2.05, 4.69) is 0 Å². The van der Waals surface area contributed by atoms with E-state index in [1.165, 1.54) is 4.31 Å². The van der Waals surface area contributed by atoms with Crippen LogP contribution >= 0.6 is 0 Å². The molecule has 0 spiro atoms. The molecule has 1 aromatic rings. The number of rotatable bonds is 4. The van der Waals surface area contributed by atoms with Crippen molar-refractivity contribution in [1.82, 2.24) is 4.31 Å². The molecule has 3 rings (SSSR count). The van der Waals surface area contributed by atoms with Crippen molar-refractivity contribution in [2.24, 2.45) is 11.3 Å². The Labute approximate surface area is 137 Å². The fraction of sp³-hybridized carbons (Fsp3) is 0.588. The predicted octanol–water partition coefficient (Wildman–Crippen LogP) is 2.69. The standard InChI is InChI=1S/C17H23NO4S/c1-12(2)13-5-3-7-15(9-13)23(21,22)18-10-14-6-4-8-17(14,11-18)16(19)20/h3,5,7,9,12,14H,4,6,8,10-11H2,1-2H3,(H,19,20)/t14-,17+/m0/s1. The van der Waals surface area contributed by atoms with Crippen LogP contribution in [0.4, 0.5) is 0 Å². The summed E-state index contributed by atoms with van der Waals surface area (Å²) in [4.78, 5) is 12.0. The topological polar surface area (TPSA) is 74.7 Å². The maximum Gasteiger partial charge on any atom is 0.311 e. The summed E-state index contributed by atoms with van der Waals surface area (Å²) in [5, 5.41) is 9.62. The Morgan fingerprint density at radius 3 is 2.74 bits per heavy atom. The SMILES string of the molecule is CC(C)c1cccc(S(=O)(=O)N2C[C@@H]3CCC[C@@]3(C(=O)O)C2)c1. The van der Waals surface area contributed by atoms with Gasteiger partial charge >= 0.3 is 5.97 Å². The van der Waals surface area contributed by atoms with Crippen LogP contribution in [-0.2, 0) is 14.8 Å². The van der Waals surface area contributed by atoms with Gasteiger partial charge in [0, 0.05) is 13.1 Å². The summed E-state index contributed by atoms with van der Waals surface area (Å²) in [6, 6.07) is 6.98. The maximum atomic E-state index is 12.9. The highest BCUT2D eigenvalue weighted by atomic mass is 32.2. The number of hydrogen-bond donors (Lipinski definition) is 1. The monoisotopic (exact) mass is 337 g/mol. The van der Waals surface area contributed by atoms with Gasteiger partial charge in [-0.1, -0.05) is 32.4 Å². The van der Waals surface area contributed by atoms with Crippen LogP contribution in [0.25, 0.3) is 0 Å². The number of carboxylic acid groups (broad SMARTS) is 1. The van der Waals surface area contributed by atoms with Crippen molar-refractivity contribution in [2.45, 2.75) is 43.9 Å². The van der Waals surface area contributed by atoms with Crippen LogP contribution in [0.1, 0.15) is 44.6 Å². The lowest BCUT2D eigenvalue weighted by atomic mass is 9.81. The predicted molar refractivity (Wildman–Crippen MR) is 86.7 cm³/mol. The fourth-order valence-electron chi connectivity index (χ4n) is 3.96. The highest BCUT2D eigenvalue weighted by Crippen LogP contribution is 2.50. The number of hydrogen-bond acceptors (Lipinski definition) is 3. The van der Waals surface area contributed by atoms with Crippen molar-refractivity contribution in [3.63, 3.8) is 0 Å². The Morgan fingerprint density at radius 2 is 2.13 bits per heavy atom. The first-order valence-corrected chi connectivity index (χ1v) is 9.55. The third-order valence-corrected chi connectivity index (χ3v) is 7.24. The molecule has 1 saturated heterocycles. The van der Waals surface area contributed by atoms with Gasteiger partial charge < -0.3 is 5.11 Å². The number of sulfonamides is 1. The van der Waals surface area contributed by atoms with Gasteiger partial charge in [0.15, 0.2) is 0 Å². The average Bonchev–Trinajstić information content (AvgIpc) is 3.05. The number of carboxylic acids is 1. The lowest BCUT2D eigenvalue weighted by Gasteiger charge is -2.23. The van der Waals surface area contributed by atoms with Gasteiger partial charge in [0.05, 0.1) is 10.3 Å². The van der Waals surface area contributed by atoms with E-state index < -0.39 is 21.4 Å². The van der Waals surface area contributed by atoms with Gasteiger partial charge in [-0.15, -0.1) is 0 Å². The minimum atomic E-state index is -3.64. The van der Waals surface area contributed by atoms with Crippen LogP contribution in [0.3, 0.4) is 0 Å². The van der Waals surface area contributed by atoms with Gasteiger partial charge in [0.2, 0.25) is 10.0 Å². The van der Waals surface area contributed by atoms with Crippen molar-refractivity contribution in [1.29, 1.82) is 0 Å². The van der Waals surface area contributed by atoms with Crippen LogP contribution in [0.5, 0.6) is 0 Å². The van der Waals surface area contributed by atoms with Crippen molar-refractivity contribution in [3.8, 4) is 0 Å². The zero-order chi connectivity index (χ0) is 16.8. The van der Waals surface area contributed by atoms with E-state index in [0.717, 1.165) is 18.4 Å². The summed E-state index contributed by atoms with van der Waals surface area (Å²) in [5.74, 6) is -0.676. The highest BCUT2D eigenvalue weighted by molar-refractivity contribution is 7.89. The fourth-order valence-corrected chi connectivity index (χ4v) is 5.57. The molecule has 2 fully saturated rings. The average molecular weight is 337 g/mol. The van der Waals surface area contributed by atoms with Gasteiger partial charge in [-0.3, -0.25) is 4.79 Å². The molecule has 1 saturated carbocycles. The first-order chi connectivity index (χ1) is 10.8. The zero-order valence-electron chi connectivity index (χ0n) is 13.5. The maximum absolute atomic E-state index is 12.9. The Kier molecular flexibility index (Phi) is 4.01. The molecule has 1 aromatic carbocycles. The van der Waals surface area contributed by atoms with Crippen LogP contribution in [0.15, 0.2) is 29.2 Å². The molecule has 0 unspecified atom stereocenters. The molecule has 1 aliphatic heterocycles. The third kappa shape index (κ3) is 2.58. The highest BCUT2D eigenvalue weighted by Gasteiger charge is 2.57. The molecule has 1 N–H and O–H groups in total. The molecule has 126 valence electrons. The summed E-state index contributed by atoms with van der Waals surface area (Å²) in [7, 11) is -3.64. The third-order valence-electron chi connectivity index (χ3n) is 5.43. The molecule has 1 heterocycles. The Bertz CT molecular complexity index is 728. The number of carbonyl (C=O) groups is 1. The lowest BCUT2D eigenvalue weighted by molar-refractivity contribution is -0.149. The molecule has 1 aliphatic carbocycles. The van der Waals surface area contributed by atoms with Gasteiger partial charge in [0.25, 0.3) is 0 Å². The molecule has 0 bridgehead atoms. The molecule has 0 aromatic heterocycles. The molecule has 2 aliphatic rings. The minimum Gasteiger partial charge on any atom is -0.481 e. The minimum absolute atomic E-state index is 0.0666. The molecule has 0 radical (unpaired) electrons.